The average molecular weight is 507 g/mol. The van der Waals surface area contributed by atoms with Crippen LogP contribution in [0.2, 0.25) is 0 Å². The molecule has 31 heavy (non-hydrogen) atoms. The monoisotopic (exact) mass is 506 g/mol. The molecule has 0 aromatic carbocycles. The SMILES string of the molecule is CC(C)C1CCCC(C)C1[N-]C1CCCCC1[N-]C1C(C)CCCC1C(C)C.[Cl][Ti][Cl]. The summed E-state index contributed by atoms with van der Waals surface area (Å²) in [6.07, 6.45) is 13.6. The summed E-state index contributed by atoms with van der Waals surface area (Å²) in [5.74, 6) is 4.64. The summed E-state index contributed by atoms with van der Waals surface area (Å²) in [4.78, 5) is 0. The van der Waals surface area contributed by atoms with Gasteiger partial charge in [0.25, 0.3) is 0 Å². The third-order valence-electron chi connectivity index (χ3n) is 8.57. The van der Waals surface area contributed by atoms with Crippen molar-refractivity contribution >= 4 is 18.6 Å². The van der Waals surface area contributed by atoms with Crippen LogP contribution in [0.5, 0.6) is 0 Å². The van der Waals surface area contributed by atoms with Gasteiger partial charge < -0.3 is 10.6 Å². The van der Waals surface area contributed by atoms with Crippen LogP contribution in [-0.4, -0.2) is 24.2 Å². The molecule has 182 valence electrons. The summed E-state index contributed by atoms with van der Waals surface area (Å²) in [7, 11) is 9.78. The predicted octanol–water partition coefficient (Wildman–Crippen LogP) is 9.34. The van der Waals surface area contributed by atoms with E-state index in [1.165, 1.54) is 64.2 Å². The Balaban J connectivity index is 0.00000107. The van der Waals surface area contributed by atoms with Gasteiger partial charge >= 0.3 is 35.6 Å². The van der Waals surface area contributed by atoms with Gasteiger partial charge in [0.05, 0.1) is 0 Å². The molecule has 0 radical (unpaired) electrons. The molecular weight excluding hydrogens is 459 g/mol. The molecule has 3 fully saturated rings. The Morgan fingerprint density at radius 3 is 1.29 bits per heavy atom. The Bertz CT molecular complexity index is 448. The van der Waals surface area contributed by atoms with Gasteiger partial charge in [0.15, 0.2) is 0 Å². The first-order valence-corrected chi connectivity index (χ1v) is 17.5. The van der Waals surface area contributed by atoms with Gasteiger partial charge in [-0.1, -0.05) is 129 Å². The summed E-state index contributed by atoms with van der Waals surface area (Å²) in [6, 6.07) is 2.17. The fraction of sp³-hybridized carbons (Fsp3) is 1.00. The molecule has 0 spiro atoms. The Morgan fingerprint density at radius 1 is 0.613 bits per heavy atom. The molecule has 0 saturated heterocycles. The summed E-state index contributed by atoms with van der Waals surface area (Å²) in [5.41, 5.74) is 0. The molecule has 0 N–H and O–H groups in total. The molecule has 3 aliphatic rings. The predicted molar refractivity (Wildman–Crippen MR) is 135 cm³/mol. The molecular formula is C26H48Cl2N2Ti-2. The third-order valence-corrected chi connectivity index (χ3v) is 8.57. The maximum atomic E-state index is 5.63. The zero-order valence-corrected chi connectivity index (χ0v) is 24.1. The molecule has 0 aromatic heterocycles. The molecule has 8 atom stereocenters. The summed E-state index contributed by atoms with van der Waals surface area (Å²) in [5, 5.41) is 11.3. The molecule has 3 rings (SSSR count). The normalized spacial score (nSPS) is 39.2. The van der Waals surface area contributed by atoms with Crippen molar-refractivity contribution in [1.82, 2.24) is 0 Å². The van der Waals surface area contributed by atoms with Crippen molar-refractivity contribution in [2.45, 2.75) is 130 Å². The number of hydrogen-bond donors (Lipinski definition) is 0. The summed E-state index contributed by atoms with van der Waals surface area (Å²) >= 11 is -0.556. The molecule has 3 aliphatic carbocycles. The fourth-order valence-corrected chi connectivity index (χ4v) is 6.73. The first kappa shape index (κ1) is 28.5. The van der Waals surface area contributed by atoms with Gasteiger partial charge in [0.1, 0.15) is 0 Å². The fourth-order valence-electron chi connectivity index (χ4n) is 6.73. The second-order valence-electron chi connectivity index (χ2n) is 11.4. The number of hydrogen-bond acceptors (Lipinski definition) is 0. The molecule has 8 unspecified atom stereocenters. The van der Waals surface area contributed by atoms with Crippen LogP contribution < -0.4 is 0 Å². The van der Waals surface area contributed by atoms with Crippen LogP contribution in [0.1, 0.15) is 106 Å². The van der Waals surface area contributed by atoms with E-state index >= 15 is 0 Å². The van der Waals surface area contributed by atoms with Gasteiger partial charge in [0, 0.05) is 0 Å². The van der Waals surface area contributed by atoms with Crippen LogP contribution in [0, 0.1) is 35.5 Å². The van der Waals surface area contributed by atoms with Crippen molar-refractivity contribution in [3.8, 4) is 0 Å². The maximum absolute atomic E-state index is 5.63. The standard InChI is InChI=1S/C26H48N2.2ClH.Ti/c1-17(2)21-13-9-11-19(5)25(21)27-23-15-7-8-16-24(23)28-26-20(6)12-10-14-22(26)18(3)4;;;/h17-26H,7-16H2,1-6H3;2*1H;/q-2;;;+2/p-2. The Labute approximate surface area is 210 Å². The minimum absolute atomic E-state index is 0.502. The van der Waals surface area contributed by atoms with Crippen molar-refractivity contribution in [3.05, 3.63) is 10.6 Å². The Kier molecular flexibility index (Phi) is 13.4. The van der Waals surface area contributed by atoms with Gasteiger partial charge in [-0.15, -0.1) is 12.1 Å². The van der Waals surface area contributed by atoms with E-state index in [4.69, 9.17) is 29.2 Å². The zero-order valence-electron chi connectivity index (χ0n) is 21.0. The van der Waals surface area contributed by atoms with Gasteiger partial charge in [0.2, 0.25) is 0 Å². The van der Waals surface area contributed by atoms with Crippen molar-refractivity contribution < 1.29 is 17.0 Å². The van der Waals surface area contributed by atoms with E-state index in [2.05, 4.69) is 41.5 Å². The van der Waals surface area contributed by atoms with Gasteiger partial charge in [-0.25, -0.2) is 0 Å². The van der Waals surface area contributed by atoms with Gasteiger partial charge in [-0.3, -0.25) is 0 Å². The number of rotatable bonds is 6. The van der Waals surface area contributed by atoms with Crippen LogP contribution in [-0.2, 0) is 17.0 Å². The van der Waals surface area contributed by atoms with E-state index in [1.807, 2.05) is 0 Å². The minimum atomic E-state index is -0.556. The summed E-state index contributed by atoms with van der Waals surface area (Å²) < 4.78 is 0. The van der Waals surface area contributed by atoms with E-state index < -0.39 is 17.0 Å². The first-order valence-electron chi connectivity index (χ1n) is 13.2. The van der Waals surface area contributed by atoms with Gasteiger partial charge in [-0.2, -0.15) is 12.1 Å². The van der Waals surface area contributed by atoms with Crippen LogP contribution >= 0.6 is 18.6 Å². The van der Waals surface area contributed by atoms with Crippen molar-refractivity contribution in [2.24, 2.45) is 35.5 Å². The molecule has 0 aliphatic heterocycles. The Morgan fingerprint density at radius 2 is 0.968 bits per heavy atom. The van der Waals surface area contributed by atoms with Crippen LogP contribution in [0.3, 0.4) is 0 Å². The number of nitrogens with zero attached hydrogens (tertiary/aromatic N) is 2. The van der Waals surface area contributed by atoms with E-state index in [0.717, 1.165) is 35.5 Å². The molecule has 5 heteroatoms. The van der Waals surface area contributed by atoms with E-state index in [0.29, 0.717) is 24.2 Å². The molecule has 2 nitrogen and oxygen atoms in total. The molecule has 3 saturated carbocycles. The van der Waals surface area contributed by atoms with Crippen molar-refractivity contribution in [1.29, 1.82) is 0 Å². The molecule has 0 bridgehead atoms. The molecule has 0 aromatic rings. The van der Waals surface area contributed by atoms with E-state index in [9.17, 15) is 0 Å². The van der Waals surface area contributed by atoms with Crippen LogP contribution in [0.15, 0.2) is 0 Å². The van der Waals surface area contributed by atoms with E-state index in [-0.39, 0.29) is 0 Å². The third kappa shape index (κ3) is 8.43. The number of halogens is 2. The molecule has 0 amide bonds. The topological polar surface area (TPSA) is 28.2 Å². The average Bonchev–Trinajstić information content (AvgIpc) is 2.72. The second-order valence-corrected chi connectivity index (χ2v) is 14.0. The van der Waals surface area contributed by atoms with Gasteiger partial charge in [-0.05, 0) is 11.8 Å². The van der Waals surface area contributed by atoms with Crippen molar-refractivity contribution in [3.63, 3.8) is 0 Å². The summed E-state index contributed by atoms with van der Waals surface area (Å²) in [6.45, 7) is 14.6. The zero-order chi connectivity index (χ0) is 23.0. The first-order chi connectivity index (χ1) is 14.8. The van der Waals surface area contributed by atoms with Crippen LogP contribution in [0.25, 0.3) is 10.6 Å². The van der Waals surface area contributed by atoms with Crippen LogP contribution in [0.4, 0.5) is 0 Å². The quantitative estimate of drug-likeness (QED) is 0.321. The second kappa shape index (κ2) is 14.6. The van der Waals surface area contributed by atoms with Crippen molar-refractivity contribution in [2.75, 3.05) is 0 Å². The van der Waals surface area contributed by atoms with E-state index in [1.54, 1.807) is 0 Å². The Hall–Kier alpha value is 1.21. The molecule has 0 heterocycles.